The SMILES string of the molecule is COc1c(C(C)(C)C)cc2cc(Br)ccc2c1-c1c(S(=O)(=O)O)c(C(C)(C)C)cc2ccccc12. The van der Waals surface area contributed by atoms with Crippen molar-refractivity contribution in [1.82, 2.24) is 0 Å². The number of hydrogen-bond acceptors (Lipinski definition) is 3. The Labute approximate surface area is 216 Å². The minimum atomic E-state index is -4.60. The van der Waals surface area contributed by atoms with Gasteiger partial charge in [0.1, 0.15) is 10.6 Å². The molecule has 0 saturated heterocycles. The second kappa shape index (κ2) is 8.61. The molecular weight excluding hydrogens is 524 g/mol. The third-order valence-corrected chi connectivity index (χ3v) is 7.82. The molecule has 1 N–H and O–H groups in total. The van der Waals surface area contributed by atoms with Crippen LogP contribution in [0.1, 0.15) is 52.7 Å². The zero-order valence-corrected chi connectivity index (χ0v) is 23.6. The largest absolute Gasteiger partial charge is 0.496 e. The smallest absolute Gasteiger partial charge is 0.295 e. The molecule has 6 heteroatoms. The molecule has 4 nitrogen and oxygen atoms in total. The second-order valence-electron chi connectivity index (χ2n) is 11.0. The quantitative estimate of drug-likeness (QED) is 0.259. The lowest BCUT2D eigenvalue weighted by Crippen LogP contribution is -2.19. The van der Waals surface area contributed by atoms with E-state index in [1.54, 1.807) is 7.11 Å². The van der Waals surface area contributed by atoms with Crippen molar-refractivity contribution in [2.45, 2.75) is 57.3 Å². The van der Waals surface area contributed by atoms with Gasteiger partial charge in [-0.25, -0.2) is 0 Å². The Balaban J connectivity index is 2.42. The minimum absolute atomic E-state index is 0.0720. The molecule has 0 atom stereocenters. The summed E-state index contributed by atoms with van der Waals surface area (Å²) < 4.78 is 43.9. The monoisotopic (exact) mass is 554 g/mol. The summed E-state index contributed by atoms with van der Waals surface area (Å²) in [7, 11) is -2.99. The fourth-order valence-corrected chi connectivity index (χ4v) is 6.27. The van der Waals surface area contributed by atoms with Crippen LogP contribution in [0.4, 0.5) is 0 Å². The van der Waals surface area contributed by atoms with Gasteiger partial charge in [0.15, 0.2) is 0 Å². The summed E-state index contributed by atoms with van der Waals surface area (Å²) in [5.41, 5.74) is 1.81. The second-order valence-corrected chi connectivity index (χ2v) is 13.3. The van der Waals surface area contributed by atoms with Crippen LogP contribution in [0.2, 0.25) is 0 Å². The standard InChI is InChI=1S/C29H31BrO4S/c1-28(2,3)22-16-18-14-19(30)12-13-21(18)24(26(22)34-7)25-20-11-9-8-10-17(20)15-23(29(4,5)6)27(25)35(31,32)33/h8-16H,1-7H3,(H,31,32,33). The number of hydrogen-bond donors (Lipinski definition) is 1. The van der Waals surface area contributed by atoms with E-state index in [4.69, 9.17) is 4.74 Å². The van der Waals surface area contributed by atoms with Gasteiger partial charge >= 0.3 is 0 Å². The van der Waals surface area contributed by atoms with Crippen LogP contribution in [-0.4, -0.2) is 20.1 Å². The molecule has 0 heterocycles. The number of methoxy groups -OCH3 is 1. The first-order valence-corrected chi connectivity index (χ1v) is 13.7. The summed E-state index contributed by atoms with van der Waals surface area (Å²) in [5.74, 6) is 0.605. The Kier molecular flexibility index (Phi) is 6.32. The Bertz CT molecular complexity index is 1570. The van der Waals surface area contributed by atoms with Crippen molar-refractivity contribution in [2.75, 3.05) is 7.11 Å². The first-order valence-electron chi connectivity index (χ1n) is 11.5. The summed E-state index contributed by atoms with van der Waals surface area (Å²) >= 11 is 3.58. The molecule has 184 valence electrons. The van der Waals surface area contributed by atoms with E-state index >= 15 is 0 Å². The van der Waals surface area contributed by atoms with Gasteiger partial charge < -0.3 is 4.74 Å². The van der Waals surface area contributed by atoms with Crippen LogP contribution in [-0.2, 0) is 20.9 Å². The Hall–Kier alpha value is -2.41. The van der Waals surface area contributed by atoms with Crippen LogP contribution < -0.4 is 4.74 Å². The molecule has 35 heavy (non-hydrogen) atoms. The molecular formula is C29H31BrO4S. The maximum atomic E-state index is 13.1. The van der Waals surface area contributed by atoms with E-state index in [2.05, 4.69) is 42.8 Å². The molecule has 0 radical (unpaired) electrons. The van der Waals surface area contributed by atoms with Crippen molar-refractivity contribution in [3.63, 3.8) is 0 Å². The molecule has 4 rings (SSSR count). The molecule has 0 aliphatic heterocycles. The number of rotatable bonds is 3. The zero-order chi connectivity index (χ0) is 25.9. The summed E-state index contributed by atoms with van der Waals surface area (Å²) in [6, 6.07) is 17.6. The molecule has 0 fully saturated rings. The lowest BCUT2D eigenvalue weighted by Gasteiger charge is -2.29. The maximum Gasteiger partial charge on any atom is 0.295 e. The van der Waals surface area contributed by atoms with Crippen molar-refractivity contribution in [3.05, 3.63) is 70.2 Å². The molecule has 0 aromatic heterocycles. The predicted molar refractivity (Wildman–Crippen MR) is 148 cm³/mol. The molecule has 0 aliphatic carbocycles. The number of fused-ring (bicyclic) bond motifs is 2. The van der Waals surface area contributed by atoms with Crippen molar-refractivity contribution < 1.29 is 17.7 Å². The Morgan fingerprint density at radius 3 is 1.91 bits per heavy atom. The molecule has 0 saturated carbocycles. The summed E-state index contributed by atoms with van der Waals surface area (Å²) in [6.45, 7) is 12.2. The van der Waals surface area contributed by atoms with Gasteiger partial charge in [-0.2, -0.15) is 8.42 Å². The van der Waals surface area contributed by atoms with E-state index in [0.29, 0.717) is 22.4 Å². The highest BCUT2D eigenvalue weighted by atomic mass is 79.9. The van der Waals surface area contributed by atoms with Crippen molar-refractivity contribution in [2.24, 2.45) is 0 Å². The molecule has 4 aromatic rings. The Morgan fingerprint density at radius 2 is 1.34 bits per heavy atom. The van der Waals surface area contributed by atoms with Gasteiger partial charge in [-0.3, -0.25) is 4.55 Å². The van der Waals surface area contributed by atoms with Crippen LogP contribution in [0.25, 0.3) is 32.7 Å². The van der Waals surface area contributed by atoms with E-state index in [9.17, 15) is 13.0 Å². The van der Waals surface area contributed by atoms with E-state index in [-0.39, 0.29) is 10.3 Å². The zero-order valence-electron chi connectivity index (χ0n) is 21.2. The highest BCUT2D eigenvalue weighted by Gasteiger charge is 2.33. The maximum absolute atomic E-state index is 13.1. The van der Waals surface area contributed by atoms with Gasteiger partial charge in [-0.15, -0.1) is 0 Å². The number of benzene rings is 4. The van der Waals surface area contributed by atoms with Crippen molar-refractivity contribution in [3.8, 4) is 16.9 Å². The van der Waals surface area contributed by atoms with E-state index in [0.717, 1.165) is 31.6 Å². The Morgan fingerprint density at radius 1 is 0.771 bits per heavy atom. The van der Waals surface area contributed by atoms with E-state index < -0.39 is 15.5 Å². The average Bonchev–Trinajstić information content (AvgIpc) is 2.74. The first-order chi connectivity index (χ1) is 16.1. The fraction of sp³-hybridized carbons (Fsp3) is 0.310. The van der Waals surface area contributed by atoms with Gasteiger partial charge in [-0.1, -0.05) is 87.8 Å². The predicted octanol–water partition coefficient (Wildman–Crippen LogP) is 8.27. The molecule has 0 amide bonds. The van der Waals surface area contributed by atoms with Gasteiger partial charge in [0, 0.05) is 21.2 Å². The van der Waals surface area contributed by atoms with Crippen LogP contribution in [0.15, 0.2) is 64.0 Å². The molecule has 0 unspecified atom stereocenters. The summed E-state index contributed by atoms with van der Waals surface area (Å²) in [6.07, 6.45) is 0. The number of halogens is 1. The third-order valence-electron chi connectivity index (χ3n) is 6.38. The van der Waals surface area contributed by atoms with Crippen LogP contribution >= 0.6 is 15.9 Å². The molecule has 0 spiro atoms. The lowest BCUT2D eigenvalue weighted by molar-refractivity contribution is 0.400. The normalized spacial score (nSPS) is 12.9. The highest BCUT2D eigenvalue weighted by Crippen LogP contribution is 2.50. The topological polar surface area (TPSA) is 63.6 Å². The lowest BCUT2D eigenvalue weighted by atomic mass is 9.79. The van der Waals surface area contributed by atoms with Gasteiger partial charge in [0.25, 0.3) is 10.1 Å². The van der Waals surface area contributed by atoms with Crippen LogP contribution in [0.3, 0.4) is 0 Å². The third kappa shape index (κ3) is 4.59. The van der Waals surface area contributed by atoms with Crippen LogP contribution in [0, 0.1) is 0 Å². The molecule has 4 aromatic carbocycles. The molecule has 0 aliphatic rings. The minimum Gasteiger partial charge on any atom is -0.496 e. The highest BCUT2D eigenvalue weighted by molar-refractivity contribution is 9.10. The summed E-state index contributed by atoms with van der Waals surface area (Å²) in [5, 5.41) is 3.43. The van der Waals surface area contributed by atoms with Crippen molar-refractivity contribution >= 4 is 47.6 Å². The average molecular weight is 556 g/mol. The van der Waals surface area contributed by atoms with Gasteiger partial charge in [0.2, 0.25) is 0 Å². The molecule has 0 bridgehead atoms. The summed E-state index contributed by atoms with van der Waals surface area (Å²) in [4.78, 5) is -0.0720. The number of ether oxygens (including phenoxy) is 1. The van der Waals surface area contributed by atoms with E-state index in [1.807, 2.05) is 69.3 Å². The van der Waals surface area contributed by atoms with Crippen molar-refractivity contribution in [1.29, 1.82) is 0 Å². The van der Waals surface area contributed by atoms with Crippen LogP contribution in [0.5, 0.6) is 5.75 Å². The first kappa shape index (κ1) is 25.7. The van der Waals surface area contributed by atoms with Gasteiger partial charge in [0.05, 0.1) is 7.11 Å². The van der Waals surface area contributed by atoms with Gasteiger partial charge in [-0.05, 0) is 62.2 Å². The van der Waals surface area contributed by atoms with E-state index in [1.165, 1.54) is 0 Å². The fourth-order valence-electron chi connectivity index (χ4n) is 4.78.